The van der Waals surface area contributed by atoms with Crippen LogP contribution in [0, 0.1) is 12.8 Å². The number of hydrogen-bond donors (Lipinski definition) is 0. The molecule has 2 aromatic carbocycles. The van der Waals surface area contributed by atoms with E-state index in [1.54, 1.807) is 16.2 Å². The number of thiazole rings is 1. The van der Waals surface area contributed by atoms with E-state index in [9.17, 15) is 4.79 Å². The molecular formula is C24H27N3O2S. The predicted molar refractivity (Wildman–Crippen MR) is 121 cm³/mol. The van der Waals surface area contributed by atoms with Gasteiger partial charge in [-0.1, -0.05) is 18.2 Å². The minimum atomic E-state index is 0.0728. The molecule has 1 saturated heterocycles. The number of carbonyl (C=O) groups is 1. The van der Waals surface area contributed by atoms with Crippen molar-refractivity contribution in [2.75, 3.05) is 25.0 Å². The normalized spacial score (nSPS) is 15.1. The third-order valence-electron chi connectivity index (χ3n) is 5.52. The zero-order valence-electron chi connectivity index (χ0n) is 17.5. The molecule has 0 N–H and O–H groups in total. The Kier molecular flexibility index (Phi) is 6.45. The lowest BCUT2D eigenvalue weighted by Crippen LogP contribution is -2.41. The van der Waals surface area contributed by atoms with Gasteiger partial charge in [0.1, 0.15) is 11.5 Å². The SMILES string of the molecule is Cc1nc(CN2CCC(C(=O)N(C)c3ccc(Oc4ccccc4)cc3)CC2)cs1. The molecule has 1 amide bonds. The van der Waals surface area contributed by atoms with Gasteiger partial charge in [-0.15, -0.1) is 11.3 Å². The fourth-order valence-corrected chi connectivity index (χ4v) is 4.42. The van der Waals surface area contributed by atoms with Gasteiger partial charge in [-0.25, -0.2) is 4.98 Å². The van der Waals surface area contributed by atoms with Gasteiger partial charge in [0.15, 0.2) is 0 Å². The second-order valence-electron chi connectivity index (χ2n) is 7.71. The van der Waals surface area contributed by atoms with E-state index in [4.69, 9.17) is 4.74 Å². The number of ether oxygens (including phenoxy) is 1. The molecule has 1 aliphatic heterocycles. The third kappa shape index (κ3) is 5.07. The molecule has 156 valence electrons. The number of rotatable bonds is 6. The molecule has 4 rings (SSSR count). The van der Waals surface area contributed by atoms with Gasteiger partial charge in [-0.05, 0) is 69.3 Å². The van der Waals surface area contributed by atoms with Gasteiger partial charge in [0, 0.05) is 30.6 Å². The number of piperidine rings is 1. The lowest BCUT2D eigenvalue weighted by atomic mass is 9.95. The van der Waals surface area contributed by atoms with Gasteiger partial charge in [0.05, 0.1) is 10.7 Å². The summed E-state index contributed by atoms with van der Waals surface area (Å²) in [6, 6.07) is 17.4. The molecule has 1 aliphatic rings. The van der Waals surface area contributed by atoms with Crippen molar-refractivity contribution in [2.24, 2.45) is 5.92 Å². The summed E-state index contributed by atoms with van der Waals surface area (Å²) in [7, 11) is 1.86. The van der Waals surface area contributed by atoms with E-state index in [0.717, 1.165) is 60.4 Å². The molecular weight excluding hydrogens is 394 g/mol. The van der Waals surface area contributed by atoms with Gasteiger partial charge < -0.3 is 9.64 Å². The number of aromatic nitrogens is 1. The van der Waals surface area contributed by atoms with E-state index in [1.165, 1.54) is 0 Å². The number of para-hydroxylation sites is 1. The highest BCUT2D eigenvalue weighted by atomic mass is 32.1. The summed E-state index contributed by atoms with van der Waals surface area (Å²) >= 11 is 1.69. The zero-order chi connectivity index (χ0) is 20.9. The number of aryl methyl sites for hydroxylation is 1. The number of anilines is 1. The molecule has 1 aromatic heterocycles. The summed E-state index contributed by atoms with van der Waals surface area (Å²) in [6.07, 6.45) is 1.78. The Bertz CT molecular complexity index is 964. The minimum absolute atomic E-state index is 0.0728. The van der Waals surface area contributed by atoms with Crippen molar-refractivity contribution in [3.8, 4) is 11.5 Å². The van der Waals surface area contributed by atoms with Crippen LogP contribution in [0.3, 0.4) is 0 Å². The van der Waals surface area contributed by atoms with E-state index >= 15 is 0 Å². The average molecular weight is 422 g/mol. The number of nitrogens with zero attached hydrogens (tertiary/aromatic N) is 3. The van der Waals surface area contributed by atoms with Gasteiger partial charge in [0.25, 0.3) is 0 Å². The van der Waals surface area contributed by atoms with Crippen molar-refractivity contribution in [1.82, 2.24) is 9.88 Å². The predicted octanol–water partition coefficient (Wildman–Crippen LogP) is 5.12. The second kappa shape index (κ2) is 9.41. The van der Waals surface area contributed by atoms with Crippen LogP contribution < -0.4 is 9.64 Å². The molecule has 3 aromatic rings. The van der Waals surface area contributed by atoms with Crippen LogP contribution in [0.15, 0.2) is 60.0 Å². The monoisotopic (exact) mass is 421 g/mol. The van der Waals surface area contributed by atoms with Crippen LogP contribution in [-0.4, -0.2) is 35.9 Å². The van der Waals surface area contributed by atoms with Gasteiger partial charge >= 0.3 is 0 Å². The van der Waals surface area contributed by atoms with E-state index in [-0.39, 0.29) is 11.8 Å². The Hall–Kier alpha value is -2.70. The first-order valence-corrected chi connectivity index (χ1v) is 11.2. The van der Waals surface area contributed by atoms with Crippen LogP contribution >= 0.6 is 11.3 Å². The maximum Gasteiger partial charge on any atom is 0.229 e. The fraction of sp³-hybridized carbons (Fsp3) is 0.333. The Morgan fingerprint density at radius 1 is 1.10 bits per heavy atom. The molecule has 0 spiro atoms. The minimum Gasteiger partial charge on any atom is -0.457 e. The highest BCUT2D eigenvalue weighted by Crippen LogP contribution is 2.27. The molecule has 0 saturated carbocycles. The van der Waals surface area contributed by atoms with Crippen molar-refractivity contribution in [2.45, 2.75) is 26.3 Å². The van der Waals surface area contributed by atoms with Crippen LogP contribution in [0.2, 0.25) is 0 Å². The molecule has 0 bridgehead atoms. The fourth-order valence-electron chi connectivity index (χ4n) is 3.81. The standard InChI is InChI=1S/C24H27N3O2S/c1-18-25-20(17-30-18)16-27-14-12-19(13-15-27)24(28)26(2)21-8-10-23(11-9-21)29-22-6-4-3-5-7-22/h3-11,17,19H,12-16H2,1-2H3. The molecule has 6 heteroatoms. The second-order valence-corrected chi connectivity index (χ2v) is 8.78. The molecule has 0 radical (unpaired) electrons. The quantitative estimate of drug-likeness (QED) is 0.554. The van der Waals surface area contributed by atoms with Gasteiger partial charge in [-0.3, -0.25) is 9.69 Å². The topological polar surface area (TPSA) is 45.7 Å². The smallest absolute Gasteiger partial charge is 0.229 e. The highest BCUT2D eigenvalue weighted by molar-refractivity contribution is 7.09. The molecule has 1 fully saturated rings. The molecule has 0 atom stereocenters. The summed E-state index contributed by atoms with van der Waals surface area (Å²) < 4.78 is 5.84. The molecule has 5 nitrogen and oxygen atoms in total. The first-order valence-electron chi connectivity index (χ1n) is 10.3. The first-order chi connectivity index (χ1) is 14.6. The molecule has 0 unspecified atom stereocenters. The van der Waals surface area contributed by atoms with Crippen LogP contribution in [0.5, 0.6) is 11.5 Å². The zero-order valence-corrected chi connectivity index (χ0v) is 18.3. The van der Waals surface area contributed by atoms with Crippen LogP contribution in [0.1, 0.15) is 23.5 Å². The van der Waals surface area contributed by atoms with Crippen LogP contribution in [0.25, 0.3) is 0 Å². The van der Waals surface area contributed by atoms with E-state index in [0.29, 0.717) is 0 Å². The van der Waals surface area contributed by atoms with Crippen molar-refractivity contribution in [1.29, 1.82) is 0 Å². The molecule has 30 heavy (non-hydrogen) atoms. The Morgan fingerprint density at radius 2 is 1.77 bits per heavy atom. The lowest BCUT2D eigenvalue weighted by Gasteiger charge is -2.32. The Labute approximate surface area is 181 Å². The number of carbonyl (C=O) groups excluding carboxylic acids is 1. The number of likely N-dealkylation sites (tertiary alicyclic amines) is 1. The number of amides is 1. The van der Waals surface area contributed by atoms with E-state index in [1.807, 2.05) is 68.6 Å². The lowest BCUT2D eigenvalue weighted by molar-refractivity contribution is -0.123. The highest BCUT2D eigenvalue weighted by Gasteiger charge is 2.28. The van der Waals surface area contributed by atoms with Crippen molar-refractivity contribution in [3.63, 3.8) is 0 Å². The maximum absolute atomic E-state index is 13.0. The van der Waals surface area contributed by atoms with Crippen LogP contribution in [0.4, 0.5) is 5.69 Å². The summed E-state index contributed by atoms with van der Waals surface area (Å²) in [4.78, 5) is 21.7. The van der Waals surface area contributed by atoms with Gasteiger partial charge in [-0.2, -0.15) is 0 Å². The Balaban J connectivity index is 1.30. The molecule has 2 heterocycles. The van der Waals surface area contributed by atoms with Crippen molar-refractivity contribution in [3.05, 3.63) is 70.7 Å². The number of benzene rings is 2. The summed E-state index contributed by atoms with van der Waals surface area (Å²) in [5.41, 5.74) is 2.03. The maximum atomic E-state index is 13.0. The average Bonchev–Trinajstić information content (AvgIpc) is 3.19. The Morgan fingerprint density at radius 3 is 2.40 bits per heavy atom. The van der Waals surface area contributed by atoms with Crippen molar-refractivity contribution >= 4 is 22.9 Å². The summed E-state index contributed by atoms with van der Waals surface area (Å²) in [6.45, 7) is 4.79. The van der Waals surface area contributed by atoms with Crippen molar-refractivity contribution < 1.29 is 9.53 Å². The number of hydrogen-bond acceptors (Lipinski definition) is 5. The largest absolute Gasteiger partial charge is 0.457 e. The van der Waals surface area contributed by atoms with E-state index < -0.39 is 0 Å². The summed E-state index contributed by atoms with van der Waals surface area (Å²) in [5, 5.41) is 3.24. The van der Waals surface area contributed by atoms with Gasteiger partial charge in [0.2, 0.25) is 5.91 Å². The van der Waals surface area contributed by atoms with Crippen LogP contribution in [-0.2, 0) is 11.3 Å². The molecule has 0 aliphatic carbocycles. The third-order valence-corrected chi connectivity index (χ3v) is 6.34. The first kappa shape index (κ1) is 20.6. The van der Waals surface area contributed by atoms with E-state index in [2.05, 4.69) is 15.3 Å². The summed E-state index contributed by atoms with van der Waals surface area (Å²) in [5.74, 6) is 1.82.